The number of nitrogens with one attached hydrogen (secondary N) is 1. The van der Waals surface area contributed by atoms with Crippen LogP contribution in [0.25, 0.3) is 0 Å². The summed E-state index contributed by atoms with van der Waals surface area (Å²) in [5.41, 5.74) is 4.65. The molecule has 19 heavy (non-hydrogen) atoms. The Morgan fingerprint density at radius 1 is 1.21 bits per heavy atom. The predicted octanol–water partition coefficient (Wildman–Crippen LogP) is 5.30. The van der Waals surface area contributed by atoms with Crippen LogP contribution in [0.4, 0.5) is 0 Å². The van der Waals surface area contributed by atoms with Crippen molar-refractivity contribution in [3.8, 4) is 0 Å². The lowest BCUT2D eigenvalue weighted by molar-refractivity contribution is 0.225. The van der Waals surface area contributed by atoms with Crippen LogP contribution in [0.15, 0.2) is 16.6 Å². The lowest BCUT2D eigenvalue weighted by Gasteiger charge is -2.36. The molecule has 0 radical (unpaired) electrons. The van der Waals surface area contributed by atoms with Crippen LogP contribution in [-0.4, -0.2) is 6.54 Å². The van der Waals surface area contributed by atoms with Crippen LogP contribution in [0.1, 0.15) is 62.3 Å². The van der Waals surface area contributed by atoms with E-state index in [1.807, 2.05) is 0 Å². The second kappa shape index (κ2) is 5.97. The van der Waals surface area contributed by atoms with Crippen molar-refractivity contribution in [3.05, 3.63) is 33.3 Å². The highest BCUT2D eigenvalue weighted by Crippen LogP contribution is 2.48. The Morgan fingerprint density at radius 2 is 1.84 bits per heavy atom. The van der Waals surface area contributed by atoms with Crippen LogP contribution in [0.2, 0.25) is 0 Å². The van der Waals surface area contributed by atoms with Gasteiger partial charge in [0, 0.05) is 10.5 Å². The quantitative estimate of drug-likeness (QED) is 0.793. The molecule has 1 unspecified atom stereocenters. The van der Waals surface area contributed by atoms with E-state index < -0.39 is 0 Å². The molecule has 0 heterocycles. The molecular weight excluding hydrogens is 298 g/mol. The van der Waals surface area contributed by atoms with E-state index in [-0.39, 0.29) is 0 Å². The molecule has 1 saturated carbocycles. The molecule has 1 fully saturated rings. The SMILES string of the molecule is CCNC(c1cc(C)c(Br)cc1C)C1(C)CCCC1. The van der Waals surface area contributed by atoms with Gasteiger partial charge in [0.25, 0.3) is 0 Å². The van der Waals surface area contributed by atoms with E-state index >= 15 is 0 Å². The summed E-state index contributed by atoms with van der Waals surface area (Å²) in [6.07, 6.45) is 5.46. The van der Waals surface area contributed by atoms with Gasteiger partial charge in [0.15, 0.2) is 0 Å². The van der Waals surface area contributed by atoms with Crippen molar-refractivity contribution >= 4 is 15.9 Å². The zero-order valence-corrected chi connectivity index (χ0v) is 14.2. The van der Waals surface area contributed by atoms with Crippen molar-refractivity contribution in [1.29, 1.82) is 0 Å². The van der Waals surface area contributed by atoms with Gasteiger partial charge in [-0.3, -0.25) is 0 Å². The normalized spacial score (nSPS) is 19.6. The predicted molar refractivity (Wildman–Crippen MR) is 86.6 cm³/mol. The van der Waals surface area contributed by atoms with E-state index in [4.69, 9.17) is 0 Å². The summed E-state index contributed by atoms with van der Waals surface area (Å²) in [6, 6.07) is 5.13. The third-order valence-electron chi connectivity index (χ3n) is 4.71. The van der Waals surface area contributed by atoms with Gasteiger partial charge in [-0.25, -0.2) is 0 Å². The van der Waals surface area contributed by atoms with E-state index in [1.54, 1.807) is 0 Å². The second-order valence-electron chi connectivity index (χ2n) is 6.31. The zero-order valence-electron chi connectivity index (χ0n) is 12.6. The van der Waals surface area contributed by atoms with Crippen molar-refractivity contribution in [2.75, 3.05) is 6.54 Å². The summed E-state index contributed by atoms with van der Waals surface area (Å²) in [4.78, 5) is 0. The molecule has 1 nitrogen and oxygen atoms in total. The van der Waals surface area contributed by atoms with Crippen molar-refractivity contribution in [2.45, 2.75) is 59.4 Å². The molecule has 0 aromatic heterocycles. The maximum absolute atomic E-state index is 3.75. The molecule has 0 saturated heterocycles. The largest absolute Gasteiger partial charge is 0.310 e. The molecule has 0 aliphatic heterocycles. The van der Waals surface area contributed by atoms with Gasteiger partial charge >= 0.3 is 0 Å². The molecule has 0 spiro atoms. The number of halogens is 1. The van der Waals surface area contributed by atoms with E-state index in [2.05, 4.69) is 61.1 Å². The second-order valence-corrected chi connectivity index (χ2v) is 7.16. The van der Waals surface area contributed by atoms with E-state index in [0.717, 1.165) is 6.54 Å². The van der Waals surface area contributed by atoms with E-state index in [9.17, 15) is 0 Å². The fourth-order valence-corrected chi connectivity index (χ4v) is 3.98. The van der Waals surface area contributed by atoms with Gasteiger partial charge < -0.3 is 5.32 Å². The summed E-state index contributed by atoms with van der Waals surface area (Å²) < 4.78 is 1.22. The summed E-state index contributed by atoms with van der Waals surface area (Å²) in [5, 5.41) is 3.75. The lowest BCUT2D eigenvalue weighted by Crippen LogP contribution is -2.35. The van der Waals surface area contributed by atoms with Gasteiger partial charge in [-0.15, -0.1) is 0 Å². The first-order valence-electron chi connectivity index (χ1n) is 7.48. The van der Waals surface area contributed by atoms with Crippen molar-refractivity contribution in [1.82, 2.24) is 5.32 Å². The van der Waals surface area contributed by atoms with Crippen molar-refractivity contribution < 1.29 is 0 Å². The summed E-state index contributed by atoms with van der Waals surface area (Å²) in [5.74, 6) is 0. The molecule has 1 aromatic rings. The van der Waals surface area contributed by atoms with Crippen LogP contribution < -0.4 is 5.32 Å². The highest BCUT2D eigenvalue weighted by molar-refractivity contribution is 9.10. The Hall–Kier alpha value is -0.340. The monoisotopic (exact) mass is 323 g/mol. The molecule has 2 rings (SSSR count). The first-order chi connectivity index (χ1) is 8.98. The highest BCUT2D eigenvalue weighted by atomic mass is 79.9. The van der Waals surface area contributed by atoms with E-state index in [1.165, 1.54) is 46.8 Å². The van der Waals surface area contributed by atoms with Gasteiger partial charge in [0.05, 0.1) is 0 Å². The average molecular weight is 324 g/mol. The van der Waals surface area contributed by atoms with E-state index in [0.29, 0.717) is 11.5 Å². The topological polar surface area (TPSA) is 12.0 Å². The third-order valence-corrected chi connectivity index (χ3v) is 5.56. The molecule has 106 valence electrons. The Morgan fingerprint density at radius 3 is 2.42 bits per heavy atom. The van der Waals surface area contributed by atoms with Crippen molar-refractivity contribution in [3.63, 3.8) is 0 Å². The minimum atomic E-state index is 0.418. The minimum Gasteiger partial charge on any atom is -0.310 e. The average Bonchev–Trinajstić information content (AvgIpc) is 2.79. The smallest absolute Gasteiger partial charge is 0.0377 e. The summed E-state index contributed by atoms with van der Waals surface area (Å²) >= 11 is 3.64. The molecule has 1 aliphatic rings. The van der Waals surface area contributed by atoms with Gasteiger partial charge in [-0.05, 0) is 61.4 Å². The summed E-state index contributed by atoms with van der Waals surface area (Å²) in [6.45, 7) is 10.1. The fourth-order valence-electron chi connectivity index (χ4n) is 3.52. The van der Waals surface area contributed by atoms with Crippen LogP contribution in [0, 0.1) is 19.3 Å². The molecular formula is C17H26BrN. The van der Waals surface area contributed by atoms with Gasteiger partial charge in [0.2, 0.25) is 0 Å². The van der Waals surface area contributed by atoms with Crippen LogP contribution in [0.5, 0.6) is 0 Å². The standard InChI is InChI=1S/C17H26BrN/c1-5-19-16(17(4)8-6-7-9-17)14-10-13(3)15(18)11-12(14)2/h10-11,16,19H,5-9H2,1-4H3. The number of rotatable bonds is 4. The highest BCUT2D eigenvalue weighted by Gasteiger charge is 2.38. The molecule has 1 aliphatic carbocycles. The third kappa shape index (κ3) is 3.05. The first kappa shape index (κ1) is 15.1. The molecule has 1 aromatic carbocycles. The number of aryl methyl sites for hydroxylation is 2. The lowest BCUT2D eigenvalue weighted by atomic mass is 9.76. The van der Waals surface area contributed by atoms with Gasteiger partial charge in [-0.2, -0.15) is 0 Å². The summed E-state index contributed by atoms with van der Waals surface area (Å²) in [7, 11) is 0. The number of benzene rings is 1. The van der Waals surface area contributed by atoms with Crippen molar-refractivity contribution in [2.24, 2.45) is 5.41 Å². The Balaban J connectivity index is 2.41. The minimum absolute atomic E-state index is 0.418. The molecule has 1 N–H and O–H groups in total. The molecule has 2 heteroatoms. The van der Waals surface area contributed by atoms with Gasteiger partial charge in [-0.1, -0.05) is 48.7 Å². The maximum atomic E-state index is 3.75. The molecule has 1 atom stereocenters. The zero-order chi connectivity index (χ0) is 14.0. The first-order valence-corrected chi connectivity index (χ1v) is 8.27. The van der Waals surface area contributed by atoms with Crippen LogP contribution >= 0.6 is 15.9 Å². The Kier molecular flexibility index (Phi) is 4.73. The van der Waals surface area contributed by atoms with Crippen LogP contribution in [-0.2, 0) is 0 Å². The van der Waals surface area contributed by atoms with Crippen LogP contribution in [0.3, 0.4) is 0 Å². The molecule has 0 bridgehead atoms. The Bertz CT molecular complexity index is 447. The number of hydrogen-bond acceptors (Lipinski definition) is 1. The van der Waals surface area contributed by atoms with Gasteiger partial charge in [0.1, 0.15) is 0 Å². The maximum Gasteiger partial charge on any atom is 0.0377 e. The fraction of sp³-hybridized carbons (Fsp3) is 0.647. The number of hydrogen-bond donors (Lipinski definition) is 1. The Labute approximate surface area is 126 Å². The molecule has 0 amide bonds.